The third-order valence-corrected chi connectivity index (χ3v) is 7.38. The zero-order chi connectivity index (χ0) is 27.5. The van der Waals surface area contributed by atoms with Crippen LogP contribution in [0.5, 0.6) is 11.5 Å². The number of ether oxygens (including phenoxy) is 2. The predicted octanol–water partition coefficient (Wildman–Crippen LogP) is 5.93. The van der Waals surface area contributed by atoms with E-state index in [1.54, 1.807) is 31.6 Å². The van der Waals surface area contributed by atoms with Crippen molar-refractivity contribution in [2.45, 2.75) is 33.2 Å². The first-order chi connectivity index (χ1) is 18.4. The van der Waals surface area contributed by atoms with Gasteiger partial charge in [0.25, 0.3) is 0 Å². The Balaban J connectivity index is 1.77. The summed E-state index contributed by atoms with van der Waals surface area (Å²) in [7, 11) is 3.21. The van der Waals surface area contributed by atoms with Gasteiger partial charge < -0.3 is 24.6 Å². The number of urea groups is 1. The maximum absolute atomic E-state index is 13.6. The molecule has 0 radical (unpaired) electrons. The first kappa shape index (κ1) is 28.8. The normalized spacial score (nSPS) is 10.5. The van der Waals surface area contributed by atoms with Crippen LogP contribution >= 0.6 is 11.3 Å². The van der Waals surface area contributed by atoms with Crippen LogP contribution in [0.1, 0.15) is 28.5 Å². The van der Waals surface area contributed by atoms with Gasteiger partial charge in [0.1, 0.15) is 6.54 Å². The highest BCUT2D eigenvalue weighted by atomic mass is 32.1. The van der Waals surface area contributed by atoms with Crippen LogP contribution in [0.25, 0.3) is 0 Å². The van der Waals surface area contributed by atoms with Gasteiger partial charge in [0, 0.05) is 23.7 Å². The van der Waals surface area contributed by atoms with Crippen LogP contribution in [0.4, 0.5) is 10.5 Å². The molecule has 0 aliphatic carbocycles. The van der Waals surface area contributed by atoms with Gasteiger partial charge in [0.15, 0.2) is 11.5 Å². The number of aryl methyl sites for hydroxylation is 2. The SMILES string of the molecule is C=CCN(CC(=O)N(CCc1ccc(OC)c(OC)c1)Cc1sccc1C)C(=O)Nc1ccccc1CC. The van der Waals surface area contributed by atoms with E-state index >= 15 is 0 Å². The van der Waals surface area contributed by atoms with Gasteiger partial charge in [-0.05, 0) is 66.1 Å². The van der Waals surface area contributed by atoms with Crippen LogP contribution in [0, 0.1) is 6.92 Å². The van der Waals surface area contributed by atoms with Crippen molar-refractivity contribution in [1.82, 2.24) is 9.80 Å². The number of anilines is 1. The lowest BCUT2D eigenvalue weighted by atomic mass is 10.1. The summed E-state index contributed by atoms with van der Waals surface area (Å²) in [6.45, 7) is 9.06. The minimum Gasteiger partial charge on any atom is -0.493 e. The number of hydrogen-bond donors (Lipinski definition) is 1. The number of nitrogens with one attached hydrogen (secondary N) is 1. The number of benzene rings is 2. The molecule has 7 nitrogen and oxygen atoms in total. The number of amides is 3. The molecule has 1 heterocycles. The first-order valence-electron chi connectivity index (χ1n) is 12.7. The zero-order valence-corrected chi connectivity index (χ0v) is 23.5. The highest BCUT2D eigenvalue weighted by Gasteiger charge is 2.22. The molecule has 38 heavy (non-hydrogen) atoms. The van der Waals surface area contributed by atoms with Gasteiger partial charge in [-0.1, -0.05) is 37.3 Å². The highest BCUT2D eigenvalue weighted by molar-refractivity contribution is 7.10. The first-order valence-corrected chi connectivity index (χ1v) is 13.5. The quantitative estimate of drug-likeness (QED) is 0.276. The van der Waals surface area contributed by atoms with Crippen LogP contribution < -0.4 is 14.8 Å². The van der Waals surface area contributed by atoms with Gasteiger partial charge in [0.05, 0.1) is 20.8 Å². The van der Waals surface area contributed by atoms with E-state index in [4.69, 9.17) is 9.47 Å². The Morgan fingerprint density at radius 1 is 1.05 bits per heavy atom. The second kappa shape index (κ2) is 14.2. The second-order valence-corrected chi connectivity index (χ2v) is 9.89. The number of carbonyl (C=O) groups excluding carboxylic acids is 2. The summed E-state index contributed by atoms with van der Waals surface area (Å²) in [5.41, 5.74) is 3.97. The summed E-state index contributed by atoms with van der Waals surface area (Å²) in [4.78, 5) is 31.2. The molecule has 0 fully saturated rings. The van der Waals surface area contributed by atoms with Gasteiger partial charge in [-0.2, -0.15) is 0 Å². The number of para-hydroxylation sites is 1. The molecule has 0 atom stereocenters. The van der Waals surface area contributed by atoms with E-state index in [1.165, 1.54) is 4.90 Å². The maximum atomic E-state index is 13.6. The number of nitrogens with zero attached hydrogens (tertiary/aromatic N) is 2. The molecule has 0 aliphatic rings. The Bertz CT molecular complexity index is 1240. The van der Waals surface area contributed by atoms with Crippen LogP contribution in [0.15, 0.2) is 66.6 Å². The van der Waals surface area contributed by atoms with Crippen molar-refractivity contribution in [2.24, 2.45) is 0 Å². The molecule has 0 spiro atoms. The highest BCUT2D eigenvalue weighted by Crippen LogP contribution is 2.28. The maximum Gasteiger partial charge on any atom is 0.322 e. The fourth-order valence-electron chi connectivity index (χ4n) is 4.11. The van der Waals surface area contributed by atoms with Crippen molar-refractivity contribution < 1.29 is 19.1 Å². The molecule has 0 saturated heterocycles. The Morgan fingerprint density at radius 3 is 2.47 bits per heavy atom. The second-order valence-electron chi connectivity index (χ2n) is 8.89. The summed E-state index contributed by atoms with van der Waals surface area (Å²) in [5, 5.41) is 5.00. The third kappa shape index (κ3) is 7.61. The lowest BCUT2D eigenvalue weighted by Crippen LogP contribution is -2.45. The number of rotatable bonds is 13. The zero-order valence-electron chi connectivity index (χ0n) is 22.7. The van der Waals surface area contributed by atoms with Crippen molar-refractivity contribution in [3.05, 3.63) is 88.1 Å². The lowest BCUT2D eigenvalue weighted by molar-refractivity contribution is -0.132. The number of carbonyl (C=O) groups is 2. The number of methoxy groups -OCH3 is 2. The Labute approximate surface area is 229 Å². The molecule has 3 rings (SSSR count). The van der Waals surface area contributed by atoms with Gasteiger partial charge in [-0.25, -0.2) is 4.79 Å². The molecule has 3 aromatic rings. The van der Waals surface area contributed by atoms with E-state index in [-0.39, 0.29) is 25.0 Å². The minimum atomic E-state index is -0.328. The number of thiophene rings is 1. The monoisotopic (exact) mass is 535 g/mol. The topological polar surface area (TPSA) is 71.1 Å². The van der Waals surface area contributed by atoms with E-state index in [0.29, 0.717) is 31.0 Å². The van der Waals surface area contributed by atoms with Crippen LogP contribution in [0.3, 0.4) is 0 Å². The van der Waals surface area contributed by atoms with Crippen molar-refractivity contribution in [3.63, 3.8) is 0 Å². The van der Waals surface area contributed by atoms with Crippen molar-refractivity contribution in [2.75, 3.05) is 39.2 Å². The standard InChI is InChI=1S/C30H37N3O4S/c1-6-16-33(30(35)31-25-11-9-8-10-24(25)7-2)21-29(34)32(20-28-22(3)15-18-38-28)17-14-23-12-13-26(36-4)27(19-23)37-5/h6,8-13,15,18-19H,1,7,14,16-17,20-21H2,2-5H3,(H,31,35). The van der Waals surface area contributed by atoms with Crippen molar-refractivity contribution in [1.29, 1.82) is 0 Å². The van der Waals surface area contributed by atoms with Gasteiger partial charge in [0.2, 0.25) is 5.91 Å². The molecule has 1 N–H and O–H groups in total. The number of hydrogen-bond acceptors (Lipinski definition) is 5. The van der Waals surface area contributed by atoms with Crippen molar-refractivity contribution >= 4 is 29.0 Å². The van der Waals surface area contributed by atoms with E-state index in [1.807, 2.05) is 66.6 Å². The molecule has 202 valence electrons. The molecule has 0 bridgehead atoms. The average Bonchev–Trinajstić information content (AvgIpc) is 3.34. The summed E-state index contributed by atoms with van der Waals surface area (Å²) in [6.07, 6.45) is 3.06. The fraction of sp³-hybridized carbons (Fsp3) is 0.333. The van der Waals surface area contributed by atoms with Crippen LogP contribution in [0.2, 0.25) is 0 Å². The van der Waals surface area contributed by atoms with Crippen molar-refractivity contribution in [3.8, 4) is 11.5 Å². The summed E-state index contributed by atoms with van der Waals surface area (Å²) in [6, 6.07) is 15.2. The summed E-state index contributed by atoms with van der Waals surface area (Å²) >= 11 is 1.63. The molecule has 2 aromatic carbocycles. The van der Waals surface area contributed by atoms with E-state index in [9.17, 15) is 9.59 Å². The molecule has 0 unspecified atom stereocenters. The third-order valence-electron chi connectivity index (χ3n) is 6.38. The van der Waals surface area contributed by atoms with Gasteiger partial charge >= 0.3 is 6.03 Å². The molecule has 3 amide bonds. The van der Waals surface area contributed by atoms with E-state index in [2.05, 4.69) is 18.0 Å². The Hall–Kier alpha value is -3.78. The smallest absolute Gasteiger partial charge is 0.322 e. The molecular weight excluding hydrogens is 498 g/mol. The fourth-order valence-corrected chi connectivity index (χ4v) is 5.04. The van der Waals surface area contributed by atoms with Gasteiger partial charge in [-0.3, -0.25) is 4.79 Å². The largest absolute Gasteiger partial charge is 0.493 e. The average molecular weight is 536 g/mol. The Kier molecular flexibility index (Phi) is 10.8. The lowest BCUT2D eigenvalue weighted by Gasteiger charge is -2.27. The minimum absolute atomic E-state index is 0.0531. The van der Waals surface area contributed by atoms with E-state index < -0.39 is 0 Å². The molecule has 0 saturated carbocycles. The molecule has 1 aromatic heterocycles. The predicted molar refractivity (Wildman–Crippen MR) is 154 cm³/mol. The van der Waals surface area contributed by atoms with Crippen LogP contribution in [-0.2, 0) is 24.2 Å². The molecular formula is C30H37N3O4S. The van der Waals surface area contributed by atoms with Gasteiger partial charge in [-0.15, -0.1) is 17.9 Å². The Morgan fingerprint density at radius 2 is 1.82 bits per heavy atom. The molecule has 8 heteroatoms. The summed E-state index contributed by atoms with van der Waals surface area (Å²) < 4.78 is 10.8. The van der Waals surface area contributed by atoms with E-state index in [0.717, 1.165) is 33.7 Å². The van der Waals surface area contributed by atoms with Crippen LogP contribution in [-0.4, -0.2) is 55.6 Å². The molecule has 0 aliphatic heterocycles. The summed E-state index contributed by atoms with van der Waals surface area (Å²) in [5.74, 6) is 1.19.